The molecule has 0 radical (unpaired) electrons. The first-order valence-corrected chi connectivity index (χ1v) is 11.3. The third-order valence-electron chi connectivity index (χ3n) is 4.66. The van der Waals surface area contributed by atoms with Crippen LogP contribution in [0, 0.1) is 0 Å². The molecule has 0 N–H and O–H groups in total. The van der Waals surface area contributed by atoms with Crippen LogP contribution in [0.1, 0.15) is 27.9 Å². The zero-order valence-corrected chi connectivity index (χ0v) is 19.3. The molecular weight excluding hydrogens is 471 g/mol. The number of fused-ring (bicyclic) bond motifs is 1. The lowest BCUT2D eigenvalue weighted by Crippen LogP contribution is -2.06. The van der Waals surface area contributed by atoms with Crippen molar-refractivity contribution < 1.29 is 19.1 Å². The molecule has 0 aliphatic heterocycles. The van der Waals surface area contributed by atoms with Crippen LogP contribution in [0.25, 0.3) is 16.2 Å². The number of carbonyl (C=O) groups excluding carboxylic acids is 2. The molecule has 164 valence electrons. The van der Waals surface area contributed by atoms with Gasteiger partial charge in [0.15, 0.2) is 11.2 Å². The summed E-state index contributed by atoms with van der Waals surface area (Å²) in [5, 5.41) is 0.717. The molecule has 2 aromatic carbocycles. The molecule has 0 aliphatic carbocycles. The molecule has 0 fully saturated rings. The molecule has 0 unspecified atom stereocenters. The van der Waals surface area contributed by atoms with Gasteiger partial charge in [-0.1, -0.05) is 53.5 Å². The van der Waals surface area contributed by atoms with Gasteiger partial charge in [-0.25, -0.2) is 4.98 Å². The quantitative estimate of drug-likeness (QED) is 0.229. The smallest absolute Gasteiger partial charge is 0.311 e. The van der Waals surface area contributed by atoms with Crippen molar-refractivity contribution in [2.75, 3.05) is 6.61 Å². The van der Waals surface area contributed by atoms with E-state index < -0.39 is 0 Å². The van der Waals surface area contributed by atoms with Crippen LogP contribution in [0.2, 0.25) is 10.0 Å². The van der Waals surface area contributed by atoms with Crippen LogP contribution in [0.3, 0.4) is 0 Å². The first kappa shape index (κ1) is 22.3. The lowest BCUT2D eigenvalue weighted by molar-refractivity contribution is -0.142. The largest absolute Gasteiger partial charge is 0.487 e. The number of aldehydes is 1. The second kappa shape index (κ2) is 9.73. The van der Waals surface area contributed by atoms with Crippen LogP contribution in [-0.2, 0) is 22.6 Å². The lowest BCUT2D eigenvalue weighted by atomic mass is 10.1. The molecule has 4 rings (SSSR count). The molecule has 2 heterocycles. The van der Waals surface area contributed by atoms with Gasteiger partial charge in [-0.05, 0) is 18.6 Å². The van der Waals surface area contributed by atoms with Crippen molar-refractivity contribution in [2.24, 2.45) is 0 Å². The minimum Gasteiger partial charge on any atom is -0.487 e. The number of carbonyl (C=O) groups is 2. The number of hydrogen-bond donors (Lipinski definition) is 0. The van der Waals surface area contributed by atoms with E-state index in [1.165, 1.54) is 11.3 Å². The summed E-state index contributed by atoms with van der Waals surface area (Å²) < 4.78 is 12.4. The Hall–Kier alpha value is -2.87. The fraction of sp³-hybridized carbons (Fsp3) is 0.174. The summed E-state index contributed by atoms with van der Waals surface area (Å²) >= 11 is 14.3. The van der Waals surface area contributed by atoms with Crippen molar-refractivity contribution >= 4 is 51.8 Å². The second-order valence-electron chi connectivity index (χ2n) is 6.83. The average Bonchev–Trinajstić information content (AvgIpc) is 3.31. The number of ether oxygens (including phenoxy) is 2. The molecular formula is C23H18Cl2N2O4S. The Morgan fingerprint density at radius 1 is 1.19 bits per heavy atom. The van der Waals surface area contributed by atoms with E-state index in [0.29, 0.717) is 57.2 Å². The van der Waals surface area contributed by atoms with Crippen LogP contribution < -0.4 is 4.74 Å². The SMILES string of the molecule is CCOC(=O)Cc1cn2c(C=O)c(-c3cc(Cl)c(OCc4ccccc4)cc3Cl)nc2s1. The zero-order valence-electron chi connectivity index (χ0n) is 17.0. The summed E-state index contributed by atoms with van der Waals surface area (Å²) in [4.78, 5) is 29.5. The summed E-state index contributed by atoms with van der Waals surface area (Å²) in [6.45, 7) is 2.41. The third-order valence-corrected chi connectivity index (χ3v) is 6.25. The maximum atomic E-state index is 11.9. The lowest BCUT2D eigenvalue weighted by Gasteiger charge is -2.11. The molecule has 4 aromatic rings. The summed E-state index contributed by atoms with van der Waals surface area (Å²) in [6, 6.07) is 13.0. The molecule has 0 aliphatic rings. The number of imidazole rings is 1. The Balaban J connectivity index is 1.63. The minimum atomic E-state index is -0.328. The van der Waals surface area contributed by atoms with Gasteiger partial charge in [0.05, 0.1) is 23.1 Å². The van der Waals surface area contributed by atoms with E-state index in [1.807, 2.05) is 30.3 Å². The Labute approximate surface area is 198 Å². The molecule has 9 heteroatoms. The van der Waals surface area contributed by atoms with Gasteiger partial charge < -0.3 is 9.47 Å². The topological polar surface area (TPSA) is 69.9 Å². The fourth-order valence-corrected chi connectivity index (χ4v) is 4.64. The van der Waals surface area contributed by atoms with Gasteiger partial charge in [0.1, 0.15) is 23.7 Å². The van der Waals surface area contributed by atoms with Gasteiger partial charge in [0.25, 0.3) is 0 Å². The Bertz CT molecular complexity index is 1280. The highest BCUT2D eigenvalue weighted by Gasteiger charge is 2.21. The van der Waals surface area contributed by atoms with Gasteiger partial charge in [-0.2, -0.15) is 0 Å². The van der Waals surface area contributed by atoms with Crippen molar-refractivity contribution in [3.63, 3.8) is 0 Å². The van der Waals surface area contributed by atoms with Gasteiger partial charge in [-0.15, -0.1) is 11.3 Å². The van der Waals surface area contributed by atoms with Crippen LogP contribution in [0.5, 0.6) is 5.75 Å². The predicted octanol–water partition coefficient (Wildman–Crippen LogP) is 5.87. The Morgan fingerprint density at radius 3 is 2.69 bits per heavy atom. The van der Waals surface area contributed by atoms with Crippen LogP contribution >= 0.6 is 34.5 Å². The number of nitrogens with zero attached hydrogens (tertiary/aromatic N) is 2. The third kappa shape index (κ3) is 4.65. The van der Waals surface area contributed by atoms with Crippen molar-refractivity contribution in [3.05, 3.63) is 74.8 Å². The first-order valence-electron chi connectivity index (χ1n) is 9.77. The Morgan fingerprint density at radius 2 is 1.97 bits per heavy atom. The van der Waals surface area contributed by atoms with E-state index >= 15 is 0 Å². The van der Waals surface area contributed by atoms with E-state index in [2.05, 4.69) is 4.98 Å². The summed E-state index contributed by atoms with van der Waals surface area (Å²) in [7, 11) is 0. The molecule has 2 aromatic heterocycles. The number of benzene rings is 2. The monoisotopic (exact) mass is 488 g/mol. The number of esters is 1. The molecule has 0 amide bonds. The summed E-state index contributed by atoms with van der Waals surface area (Å²) in [6.07, 6.45) is 2.54. The van der Waals surface area contributed by atoms with Gasteiger partial charge in [0, 0.05) is 22.7 Å². The standard InChI is InChI=1S/C23H18Cl2N2O4S/c1-2-30-21(29)8-15-11-27-19(12-28)22(26-23(27)32-15)16-9-18(25)20(10-17(16)24)31-13-14-6-4-3-5-7-14/h3-7,9-12H,2,8,13H2,1H3. The van der Waals surface area contributed by atoms with Gasteiger partial charge in [-0.3, -0.25) is 14.0 Å². The highest BCUT2D eigenvalue weighted by Crippen LogP contribution is 2.38. The van der Waals surface area contributed by atoms with Crippen LogP contribution in [0.4, 0.5) is 0 Å². The van der Waals surface area contributed by atoms with Crippen molar-refractivity contribution in [3.8, 4) is 17.0 Å². The highest BCUT2D eigenvalue weighted by molar-refractivity contribution is 7.17. The average molecular weight is 489 g/mol. The summed E-state index contributed by atoms with van der Waals surface area (Å²) in [5.74, 6) is 0.112. The maximum Gasteiger partial charge on any atom is 0.311 e. The number of halogens is 2. The van der Waals surface area contributed by atoms with E-state index in [4.69, 9.17) is 32.7 Å². The molecule has 32 heavy (non-hydrogen) atoms. The number of hydrogen-bond acceptors (Lipinski definition) is 6. The maximum absolute atomic E-state index is 11.9. The zero-order chi connectivity index (χ0) is 22.7. The molecule has 0 bridgehead atoms. The van der Waals surface area contributed by atoms with E-state index in [-0.39, 0.29) is 12.4 Å². The molecule has 0 spiro atoms. The van der Waals surface area contributed by atoms with Crippen molar-refractivity contribution in [1.82, 2.24) is 9.38 Å². The second-order valence-corrected chi connectivity index (χ2v) is 8.74. The van der Waals surface area contributed by atoms with Crippen LogP contribution in [0.15, 0.2) is 48.7 Å². The van der Waals surface area contributed by atoms with E-state index in [9.17, 15) is 9.59 Å². The molecule has 0 atom stereocenters. The van der Waals surface area contributed by atoms with Gasteiger partial charge >= 0.3 is 5.97 Å². The molecule has 0 saturated carbocycles. The highest BCUT2D eigenvalue weighted by atomic mass is 35.5. The Kier molecular flexibility index (Phi) is 6.79. The fourth-order valence-electron chi connectivity index (χ4n) is 3.21. The van der Waals surface area contributed by atoms with E-state index in [0.717, 1.165) is 10.4 Å². The number of aromatic nitrogens is 2. The predicted molar refractivity (Wildman–Crippen MR) is 125 cm³/mol. The normalized spacial score (nSPS) is 11.0. The van der Waals surface area contributed by atoms with Crippen LogP contribution in [-0.4, -0.2) is 28.2 Å². The number of rotatable bonds is 8. The first-order chi connectivity index (χ1) is 15.5. The number of thiazole rings is 1. The molecule has 6 nitrogen and oxygen atoms in total. The van der Waals surface area contributed by atoms with Crippen molar-refractivity contribution in [1.29, 1.82) is 0 Å². The molecule has 0 saturated heterocycles. The summed E-state index contributed by atoms with van der Waals surface area (Å²) in [5.41, 5.74) is 2.26. The van der Waals surface area contributed by atoms with Crippen molar-refractivity contribution in [2.45, 2.75) is 20.0 Å². The minimum absolute atomic E-state index is 0.121. The van der Waals surface area contributed by atoms with E-state index in [1.54, 1.807) is 29.7 Å². The van der Waals surface area contributed by atoms with Gasteiger partial charge in [0.2, 0.25) is 0 Å².